The number of likely N-dealkylation sites (tertiary alicyclic amines) is 1. The number of nitrogens with two attached hydrogens (primary N) is 1. The summed E-state index contributed by atoms with van der Waals surface area (Å²) in [6.45, 7) is 1.21. The van der Waals surface area contributed by atoms with Crippen LogP contribution in [0.2, 0.25) is 0 Å². The zero-order chi connectivity index (χ0) is 11.3. The van der Waals surface area contributed by atoms with E-state index >= 15 is 0 Å². The number of nitrogens with zero attached hydrogens (tertiary/aromatic N) is 1. The van der Waals surface area contributed by atoms with Crippen molar-refractivity contribution in [1.82, 2.24) is 10.2 Å². The Kier molecular flexibility index (Phi) is 4.55. The van der Waals surface area contributed by atoms with Crippen molar-refractivity contribution in [1.29, 1.82) is 0 Å². The van der Waals surface area contributed by atoms with Crippen LogP contribution < -0.4 is 11.1 Å². The number of hydrogen-bond donors (Lipinski definition) is 2. The van der Waals surface area contributed by atoms with E-state index < -0.39 is 0 Å². The largest absolute Gasteiger partial charge is 0.357 e. The van der Waals surface area contributed by atoms with Gasteiger partial charge in [-0.3, -0.25) is 9.59 Å². The van der Waals surface area contributed by atoms with Crippen LogP contribution in [0.5, 0.6) is 0 Å². The SMILES string of the molecule is CNC(=O)C1CCCN1C(=O)CCCN. The molecule has 1 unspecified atom stereocenters. The summed E-state index contributed by atoms with van der Waals surface area (Å²) >= 11 is 0. The molecule has 0 aromatic carbocycles. The minimum atomic E-state index is -0.264. The van der Waals surface area contributed by atoms with E-state index in [4.69, 9.17) is 5.73 Å². The second-order valence-corrected chi connectivity index (χ2v) is 3.75. The highest BCUT2D eigenvalue weighted by Crippen LogP contribution is 2.18. The number of hydrogen-bond acceptors (Lipinski definition) is 3. The van der Waals surface area contributed by atoms with Crippen LogP contribution in [0.1, 0.15) is 25.7 Å². The Morgan fingerprint density at radius 1 is 1.53 bits per heavy atom. The first-order valence-corrected chi connectivity index (χ1v) is 5.42. The van der Waals surface area contributed by atoms with Gasteiger partial charge in [0, 0.05) is 20.0 Å². The van der Waals surface area contributed by atoms with Crippen molar-refractivity contribution in [3.05, 3.63) is 0 Å². The number of carbonyl (C=O) groups is 2. The van der Waals surface area contributed by atoms with Crippen LogP contribution in [0.3, 0.4) is 0 Å². The molecule has 15 heavy (non-hydrogen) atoms. The molecule has 0 bridgehead atoms. The Morgan fingerprint density at radius 2 is 2.27 bits per heavy atom. The lowest BCUT2D eigenvalue weighted by molar-refractivity contribution is -0.138. The first-order chi connectivity index (χ1) is 7.20. The molecule has 1 aliphatic heterocycles. The average molecular weight is 213 g/mol. The molecule has 0 radical (unpaired) electrons. The Bertz CT molecular complexity index is 243. The van der Waals surface area contributed by atoms with Crippen molar-refractivity contribution in [3.8, 4) is 0 Å². The third-order valence-electron chi connectivity index (χ3n) is 2.72. The van der Waals surface area contributed by atoms with E-state index in [1.54, 1.807) is 11.9 Å². The Labute approximate surface area is 90.0 Å². The third-order valence-corrected chi connectivity index (χ3v) is 2.72. The highest BCUT2D eigenvalue weighted by Gasteiger charge is 2.32. The summed E-state index contributed by atoms with van der Waals surface area (Å²) < 4.78 is 0. The smallest absolute Gasteiger partial charge is 0.242 e. The van der Waals surface area contributed by atoms with Crippen LogP contribution in [-0.4, -0.2) is 42.9 Å². The van der Waals surface area contributed by atoms with Gasteiger partial charge in [-0.25, -0.2) is 0 Å². The number of amides is 2. The zero-order valence-electron chi connectivity index (χ0n) is 9.16. The van der Waals surface area contributed by atoms with Gasteiger partial charge in [0.05, 0.1) is 0 Å². The van der Waals surface area contributed by atoms with Gasteiger partial charge in [0.1, 0.15) is 6.04 Å². The molecule has 0 aromatic heterocycles. The van der Waals surface area contributed by atoms with Crippen LogP contribution >= 0.6 is 0 Å². The summed E-state index contributed by atoms with van der Waals surface area (Å²) in [4.78, 5) is 24.9. The molecule has 3 N–H and O–H groups in total. The molecule has 0 saturated carbocycles. The molecule has 0 aliphatic carbocycles. The van der Waals surface area contributed by atoms with Crippen molar-refractivity contribution in [2.75, 3.05) is 20.1 Å². The first-order valence-electron chi connectivity index (χ1n) is 5.42. The minimum absolute atomic E-state index is 0.0477. The lowest BCUT2D eigenvalue weighted by Gasteiger charge is -2.23. The van der Waals surface area contributed by atoms with Gasteiger partial charge in [-0.05, 0) is 25.8 Å². The molecule has 1 rings (SSSR count). The van der Waals surface area contributed by atoms with Crippen molar-refractivity contribution < 1.29 is 9.59 Å². The summed E-state index contributed by atoms with van der Waals surface area (Å²) in [6, 6.07) is -0.264. The molecule has 5 heteroatoms. The minimum Gasteiger partial charge on any atom is -0.357 e. The van der Waals surface area contributed by atoms with Gasteiger partial charge in [0.2, 0.25) is 11.8 Å². The Morgan fingerprint density at radius 3 is 2.87 bits per heavy atom. The molecule has 0 aromatic rings. The average Bonchev–Trinajstić information content (AvgIpc) is 2.73. The monoisotopic (exact) mass is 213 g/mol. The normalized spacial score (nSPS) is 20.4. The number of rotatable bonds is 4. The predicted octanol–water partition coefficient (Wildman–Crippen LogP) is -0.538. The number of carbonyl (C=O) groups excluding carboxylic acids is 2. The van der Waals surface area contributed by atoms with Gasteiger partial charge in [0.15, 0.2) is 0 Å². The molecule has 1 aliphatic rings. The van der Waals surface area contributed by atoms with Crippen LogP contribution in [0, 0.1) is 0 Å². The zero-order valence-corrected chi connectivity index (χ0v) is 9.16. The highest BCUT2D eigenvalue weighted by atomic mass is 16.2. The molecular formula is C10H19N3O2. The van der Waals surface area contributed by atoms with Gasteiger partial charge < -0.3 is 16.0 Å². The summed E-state index contributed by atoms with van der Waals surface area (Å²) in [5, 5.41) is 2.59. The van der Waals surface area contributed by atoms with E-state index in [0.717, 1.165) is 12.8 Å². The van der Waals surface area contributed by atoms with Gasteiger partial charge in [-0.1, -0.05) is 0 Å². The van der Waals surface area contributed by atoms with E-state index in [2.05, 4.69) is 5.32 Å². The molecule has 1 heterocycles. The maximum Gasteiger partial charge on any atom is 0.242 e. The fraction of sp³-hybridized carbons (Fsp3) is 0.800. The fourth-order valence-corrected chi connectivity index (χ4v) is 1.90. The summed E-state index contributed by atoms with van der Waals surface area (Å²) in [6.07, 6.45) is 2.82. The number of likely N-dealkylation sites (N-methyl/N-ethyl adjacent to an activating group) is 1. The van der Waals surface area contributed by atoms with Crippen LogP contribution in [0.25, 0.3) is 0 Å². The quantitative estimate of drug-likeness (QED) is 0.658. The lowest BCUT2D eigenvalue weighted by atomic mass is 10.2. The molecular weight excluding hydrogens is 194 g/mol. The maximum absolute atomic E-state index is 11.7. The lowest BCUT2D eigenvalue weighted by Crippen LogP contribution is -2.44. The molecule has 1 fully saturated rings. The van der Waals surface area contributed by atoms with E-state index in [-0.39, 0.29) is 17.9 Å². The Balaban J connectivity index is 2.52. The van der Waals surface area contributed by atoms with E-state index in [9.17, 15) is 9.59 Å². The van der Waals surface area contributed by atoms with Crippen LogP contribution in [-0.2, 0) is 9.59 Å². The molecule has 1 saturated heterocycles. The van der Waals surface area contributed by atoms with Crippen LogP contribution in [0.4, 0.5) is 0 Å². The maximum atomic E-state index is 11.7. The van der Waals surface area contributed by atoms with E-state index in [1.807, 2.05) is 0 Å². The molecule has 2 amide bonds. The first kappa shape index (κ1) is 12.0. The Hall–Kier alpha value is -1.10. The second-order valence-electron chi connectivity index (χ2n) is 3.75. The highest BCUT2D eigenvalue weighted by molar-refractivity contribution is 5.88. The standard InChI is InChI=1S/C10H19N3O2/c1-12-10(15)8-4-3-7-13(8)9(14)5-2-6-11/h8H,2-7,11H2,1H3,(H,12,15). The van der Waals surface area contributed by atoms with Crippen molar-refractivity contribution in [2.24, 2.45) is 5.73 Å². The third kappa shape index (κ3) is 2.92. The summed E-state index contributed by atoms with van der Waals surface area (Å²) in [7, 11) is 1.60. The van der Waals surface area contributed by atoms with Gasteiger partial charge >= 0.3 is 0 Å². The second kappa shape index (κ2) is 5.70. The van der Waals surface area contributed by atoms with Crippen LogP contribution in [0.15, 0.2) is 0 Å². The predicted molar refractivity (Wildman–Crippen MR) is 57.1 cm³/mol. The van der Waals surface area contributed by atoms with Crippen molar-refractivity contribution in [2.45, 2.75) is 31.7 Å². The van der Waals surface area contributed by atoms with E-state index in [0.29, 0.717) is 25.9 Å². The summed E-state index contributed by atoms with van der Waals surface area (Å²) in [5.74, 6) is -0.0138. The number of nitrogens with one attached hydrogen (secondary N) is 1. The molecule has 0 spiro atoms. The van der Waals surface area contributed by atoms with Gasteiger partial charge in [-0.15, -0.1) is 0 Å². The van der Waals surface area contributed by atoms with E-state index in [1.165, 1.54) is 0 Å². The van der Waals surface area contributed by atoms with Crippen molar-refractivity contribution >= 4 is 11.8 Å². The van der Waals surface area contributed by atoms with Gasteiger partial charge in [-0.2, -0.15) is 0 Å². The van der Waals surface area contributed by atoms with Gasteiger partial charge in [0.25, 0.3) is 0 Å². The summed E-state index contributed by atoms with van der Waals surface area (Å²) in [5.41, 5.74) is 5.35. The molecule has 86 valence electrons. The topological polar surface area (TPSA) is 75.4 Å². The molecule has 1 atom stereocenters. The molecule has 5 nitrogen and oxygen atoms in total. The van der Waals surface area contributed by atoms with Crippen molar-refractivity contribution in [3.63, 3.8) is 0 Å². The fourth-order valence-electron chi connectivity index (χ4n) is 1.90.